The standard InChI is InChI=1S/C20H27PSSi/c1-18(17-23(2,3)4)15-16-21(22,19-11-7-5-8-12-19)20-13-9-6-10-14-20/h5-15H,16-17H2,1-4H3/b18-15-. The van der Waals surface area contributed by atoms with Crippen LogP contribution in [-0.2, 0) is 11.8 Å². The zero-order chi connectivity index (χ0) is 16.9. The van der Waals surface area contributed by atoms with Crippen molar-refractivity contribution in [3.8, 4) is 0 Å². The summed E-state index contributed by atoms with van der Waals surface area (Å²) in [6, 6.07) is 20.9. The summed E-state index contributed by atoms with van der Waals surface area (Å²) in [5, 5.41) is 2.64. The topological polar surface area (TPSA) is 0 Å². The minimum Gasteiger partial charge on any atom is -0.0873 e. The van der Waals surface area contributed by atoms with Gasteiger partial charge >= 0.3 is 0 Å². The van der Waals surface area contributed by atoms with E-state index in [-0.39, 0.29) is 0 Å². The molecule has 0 amide bonds. The molecule has 0 aliphatic heterocycles. The van der Waals surface area contributed by atoms with E-state index in [2.05, 4.69) is 93.3 Å². The van der Waals surface area contributed by atoms with E-state index in [0.717, 1.165) is 6.16 Å². The molecule has 0 bridgehead atoms. The molecule has 0 saturated heterocycles. The van der Waals surface area contributed by atoms with Crippen LogP contribution >= 0.6 is 6.04 Å². The van der Waals surface area contributed by atoms with E-state index < -0.39 is 14.1 Å². The number of benzene rings is 2. The monoisotopic (exact) mass is 358 g/mol. The van der Waals surface area contributed by atoms with Gasteiger partial charge in [0.2, 0.25) is 0 Å². The quantitative estimate of drug-likeness (QED) is 0.378. The smallest absolute Gasteiger partial charge is 0.0483 e. The third kappa shape index (κ3) is 5.27. The lowest BCUT2D eigenvalue weighted by Gasteiger charge is -2.23. The summed E-state index contributed by atoms with van der Waals surface area (Å²) in [6.45, 7) is 9.55. The molecule has 2 aromatic rings. The molecule has 0 spiro atoms. The van der Waals surface area contributed by atoms with Gasteiger partial charge in [0.15, 0.2) is 0 Å². The molecule has 23 heavy (non-hydrogen) atoms. The molecule has 0 N–H and O–H groups in total. The minimum absolute atomic E-state index is 0.979. The summed E-state index contributed by atoms with van der Waals surface area (Å²) in [6.07, 6.45) is 3.39. The third-order valence-corrected chi connectivity index (χ3v) is 10.1. The van der Waals surface area contributed by atoms with Crippen molar-refractivity contribution in [3.63, 3.8) is 0 Å². The van der Waals surface area contributed by atoms with Crippen LogP contribution in [0.15, 0.2) is 72.3 Å². The molecular formula is C20H27PSSi. The average Bonchev–Trinajstić information content (AvgIpc) is 2.53. The van der Waals surface area contributed by atoms with Gasteiger partial charge in [0, 0.05) is 20.3 Å². The number of rotatable bonds is 6. The maximum atomic E-state index is 6.27. The van der Waals surface area contributed by atoms with Crippen molar-refractivity contribution < 1.29 is 0 Å². The highest BCUT2D eigenvalue weighted by Crippen LogP contribution is 2.44. The van der Waals surface area contributed by atoms with Gasteiger partial charge in [-0.05, 0) is 23.6 Å². The summed E-state index contributed by atoms with van der Waals surface area (Å²) in [5.41, 5.74) is 1.50. The van der Waals surface area contributed by atoms with E-state index in [1.165, 1.54) is 22.2 Å². The normalized spacial score (nSPS) is 13.1. The van der Waals surface area contributed by atoms with Gasteiger partial charge in [-0.1, -0.05) is 104 Å². The molecule has 0 nitrogen and oxygen atoms in total. The van der Waals surface area contributed by atoms with Crippen molar-refractivity contribution in [1.29, 1.82) is 0 Å². The fourth-order valence-electron chi connectivity index (χ4n) is 2.89. The van der Waals surface area contributed by atoms with E-state index in [4.69, 9.17) is 11.8 Å². The van der Waals surface area contributed by atoms with Crippen LogP contribution < -0.4 is 10.6 Å². The Morgan fingerprint density at radius 3 is 1.74 bits per heavy atom. The molecule has 3 heteroatoms. The maximum Gasteiger partial charge on any atom is 0.0483 e. The Kier molecular flexibility index (Phi) is 6.19. The van der Waals surface area contributed by atoms with Gasteiger partial charge in [0.25, 0.3) is 0 Å². The lowest BCUT2D eigenvalue weighted by molar-refractivity contribution is 1.30. The van der Waals surface area contributed by atoms with Crippen LogP contribution in [0.3, 0.4) is 0 Å². The first kappa shape index (κ1) is 18.4. The zero-order valence-corrected chi connectivity index (χ0v) is 17.3. The molecule has 2 aromatic carbocycles. The van der Waals surface area contributed by atoms with Gasteiger partial charge in [-0.25, -0.2) is 0 Å². The van der Waals surface area contributed by atoms with Crippen LogP contribution in [0, 0.1) is 0 Å². The summed E-state index contributed by atoms with van der Waals surface area (Å²) in [7, 11) is -1.07. The van der Waals surface area contributed by atoms with Crippen molar-refractivity contribution in [1.82, 2.24) is 0 Å². The average molecular weight is 359 g/mol. The molecular weight excluding hydrogens is 331 g/mol. The highest BCUT2D eigenvalue weighted by atomic mass is 32.4. The van der Waals surface area contributed by atoms with Crippen molar-refractivity contribution in [3.05, 3.63) is 72.3 Å². The lowest BCUT2D eigenvalue weighted by atomic mass is 10.3. The highest BCUT2D eigenvalue weighted by molar-refractivity contribution is 8.22. The molecule has 122 valence electrons. The number of hydrogen-bond donors (Lipinski definition) is 0. The van der Waals surface area contributed by atoms with Crippen molar-refractivity contribution in [2.24, 2.45) is 0 Å². The van der Waals surface area contributed by atoms with Gasteiger partial charge in [0.05, 0.1) is 0 Å². The number of hydrogen-bond acceptors (Lipinski definition) is 1. The summed E-state index contributed by atoms with van der Waals surface area (Å²) < 4.78 is 0. The first-order valence-electron chi connectivity index (χ1n) is 8.17. The molecule has 2 rings (SSSR count). The second-order valence-corrected chi connectivity index (χ2v) is 17.6. The van der Waals surface area contributed by atoms with Crippen molar-refractivity contribution in [2.75, 3.05) is 6.16 Å². The van der Waals surface area contributed by atoms with Crippen LogP contribution in [0.2, 0.25) is 25.7 Å². The molecule has 0 fully saturated rings. The predicted octanol–water partition coefficient (Wildman–Crippen LogP) is 5.40. The lowest BCUT2D eigenvalue weighted by Crippen LogP contribution is -2.20. The third-order valence-electron chi connectivity index (χ3n) is 3.85. The van der Waals surface area contributed by atoms with E-state index >= 15 is 0 Å². The van der Waals surface area contributed by atoms with Gasteiger partial charge in [-0.2, -0.15) is 0 Å². The van der Waals surface area contributed by atoms with Gasteiger partial charge in [-0.15, -0.1) is 0 Å². The predicted molar refractivity (Wildman–Crippen MR) is 113 cm³/mol. The fourth-order valence-corrected chi connectivity index (χ4v) is 8.26. The summed E-state index contributed by atoms with van der Waals surface area (Å²) >= 11 is 6.27. The van der Waals surface area contributed by atoms with Gasteiger partial charge in [-0.3, -0.25) is 0 Å². The second kappa shape index (κ2) is 7.74. The Hall–Kier alpha value is -0.953. The summed E-state index contributed by atoms with van der Waals surface area (Å²) in [5.74, 6) is 0. The highest BCUT2D eigenvalue weighted by Gasteiger charge is 2.21. The first-order chi connectivity index (χ1) is 10.8. The molecule has 0 aliphatic carbocycles. The number of allylic oxidation sites excluding steroid dienone is 2. The van der Waals surface area contributed by atoms with E-state index in [1.54, 1.807) is 0 Å². The fraction of sp³-hybridized carbons (Fsp3) is 0.300. The molecule has 0 heterocycles. The second-order valence-electron chi connectivity index (χ2n) is 7.38. The van der Waals surface area contributed by atoms with Crippen molar-refractivity contribution in [2.45, 2.75) is 32.6 Å². The molecule has 0 aromatic heterocycles. The van der Waals surface area contributed by atoms with E-state index in [1.807, 2.05) is 0 Å². The Bertz CT molecular complexity index is 656. The Labute approximate surface area is 147 Å². The largest absolute Gasteiger partial charge is 0.0873 e. The van der Waals surface area contributed by atoms with Gasteiger partial charge < -0.3 is 0 Å². The molecule has 0 radical (unpaired) electrons. The summed E-state index contributed by atoms with van der Waals surface area (Å²) in [4.78, 5) is 0. The maximum absolute atomic E-state index is 6.27. The van der Waals surface area contributed by atoms with Crippen LogP contribution in [0.5, 0.6) is 0 Å². The Morgan fingerprint density at radius 1 is 0.913 bits per heavy atom. The minimum atomic E-state index is -1.77. The van der Waals surface area contributed by atoms with E-state index in [9.17, 15) is 0 Å². The van der Waals surface area contributed by atoms with E-state index in [0.29, 0.717) is 0 Å². The van der Waals surface area contributed by atoms with Crippen LogP contribution in [0.4, 0.5) is 0 Å². The van der Waals surface area contributed by atoms with Crippen molar-refractivity contribution >= 4 is 36.5 Å². The molecule has 0 saturated carbocycles. The Balaban J connectivity index is 2.37. The first-order valence-corrected chi connectivity index (χ1v) is 14.9. The van der Waals surface area contributed by atoms with Crippen LogP contribution in [0.1, 0.15) is 6.92 Å². The van der Waals surface area contributed by atoms with Gasteiger partial charge in [0.1, 0.15) is 0 Å². The molecule has 0 atom stereocenters. The Morgan fingerprint density at radius 2 is 1.35 bits per heavy atom. The zero-order valence-electron chi connectivity index (χ0n) is 14.6. The van der Waals surface area contributed by atoms with Crippen LogP contribution in [0.25, 0.3) is 0 Å². The molecule has 0 unspecified atom stereocenters. The SMILES string of the molecule is C/C(=C/CP(=S)(c1ccccc1)c1ccccc1)C[Si](C)(C)C. The van der Waals surface area contributed by atoms with Crippen LogP contribution in [-0.4, -0.2) is 14.2 Å². The molecule has 0 aliphatic rings.